The fourth-order valence-electron chi connectivity index (χ4n) is 3.43. The zero-order valence-corrected chi connectivity index (χ0v) is 18.7. The smallest absolute Gasteiger partial charge is 0.252 e. The fourth-order valence-corrected chi connectivity index (χ4v) is 3.43. The average molecular weight is 411 g/mol. The third-order valence-corrected chi connectivity index (χ3v) is 5.16. The number of ether oxygens (including phenoxy) is 2. The molecular weight excluding hydrogens is 380 g/mol. The quantitative estimate of drug-likeness (QED) is 0.614. The summed E-state index contributed by atoms with van der Waals surface area (Å²) in [7, 11) is 3.23. The Kier molecular flexibility index (Phi) is 6.29. The molecule has 1 N–H and O–H groups in total. The summed E-state index contributed by atoms with van der Waals surface area (Å²) in [5.41, 5.74) is 3.01. The number of nitrogens with zero attached hydrogens (tertiary/aromatic N) is 3. The molecule has 7 nitrogen and oxygen atoms in total. The van der Waals surface area contributed by atoms with Gasteiger partial charge in [-0.05, 0) is 51.0 Å². The van der Waals surface area contributed by atoms with E-state index in [1.54, 1.807) is 20.4 Å². The van der Waals surface area contributed by atoms with Crippen LogP contribution in [0.4, 0.5) is 0 Å². The van der Waals surface area contributed by atoms with Crippen molar-refractivity contribution in [3.8, 4) is 11.5 Å². The van der Waals surface area contributed by atoms with Crippen molar-refractivity contribution in [1.29, 1.82) is 0 Å². The maximum absolute atomic E-state index is 13.3. The van der Waals surface area contributed by atoms with Crippen LogP contribution in [-0.2, 0) is 0 Å². The first-order valence-electron chi connectivity index (χ1n) is 10.2. The lowest BCUT2D eigenvalue weighted by Crippen LogP contribution is -2.27. The van der Waals surface area contributed by atoms with Gasteiger partial charge < -0.3 is 14.8 Å². The molecule has 1 atom stereocenters. The third kappa shape index (κ3) is 4.10. The van der Waals surface area contributed by atoms with Gasteiger partial charge >= 0.3 is 0 Å². The van der Waals surface area contributed by atoms with Crippen molar-refractivity contribution in [2.75, 3.05) is 14.2 Å². The Bertz CT molecular complexity index is 1060. The van der Waals surface area contributed by atoms with Crippen molar-refractivity contribution < 1.29 is 14.3 Å². The molecule has 7 heteroatoms. The van der Waals surface area contributed by atoms with Crippen molar-refractivity contribution >= 4 is 16.9 Å². The topological polar surface area (TPSA) is 78.3 Å². The Hall–Kier alpha value is -3.09. The zero-order chi connectivity index (χ0) is 22.0. The highest BCUT2D eigenvalue weighted by Crippen LogP contribution is 2.30. The minimum atomic E-state index is -0.284. The number of pyridine rings is 1. The number of hydrogen-bond acceptors (Lipinski definition) is 5. The van der Waals surface area contributed by atoms with Crippen LogP contribution < -0.4 is 14.8 Å². The molecule has 0 aliphatic carbocycles. The Morgan fingerprint density at radius 2 is 1.80 bits per heavy atom. The van der Waals surface area contributed by atoms with E-state index in [1.807, 2.05) is 49.7 Å². The number of carbonyl (C=O) groups is 1. The summed E-state index contributed by atoms with van der Waals surface area (Å²) in [5.74, 6) is 1.41. The minimum Gasteiger partial charge on any atom is -0.497 e. The molecule has 30 heavy (non-hydrogen) atoms. The standard InChI is InChI=1S/C23H30N4O3/c1-13(2)20-11-18(19-12-24-27(14(3)4)22(19)26-20)23(28)25-15(5)17-10-16(29-6)8-9-21(17)30-7/h8-15H,1-7H3,(H,25,28). The van der Waals surface area contributed by atoms with E-state index in [9.17, 15) is 4.79 Å². The van der Waals surface area contributed by atoms with Crippen LogP contribution >= 0.6 is 0 Å². The number of fused-ring (bicyclic) bond motifs is 1. The largest absolute Gasteiger partial charge is 0.497 e. The first kappa shape index (κ1) is 21.6. The number of rotatable bonds is 7. The third-order valence-electron chi connectivity index (χ3n) is 5.16. The first-order chi connectivity index (χ1) is 14.3. The summed E-state index contributed by atoms with van der Waals surface area (Å²) in [5, 5.41) is 8.31. The monoisotopic (exact) mass is 410 g/mol. The lowest BCUT2D eigenvalue weighted by Gasteiger charge is -2.19. The van der Waals surface area contributed by atoms with Crippen LogP contribution in [0.3, 0.4) is 0 Å². The van der Waals surface area contributed by atoms with Crippen LogP contribution in [0.25, 0.3) is 11.0 Å². The lowest BCUT2D eigenvalue weighted by molar-refractivity contribution is 0.0941. The van der Waals surface area contributed by atoms with Gasteiger partial charge in [0, 0.05) is 17.3 Å². The molecule has 2 aromatic heterocycles. The molecule has 2 heterocycles. The van der Waals surface area contributed by atoms with E-state index in [0.717, 1.165) is 22.3 Å². The summed E-state index contributed by atoms with van der Waals surface area (Å²) in [6.07, 6.45) is 1.72. The number of benzene rings is 1. The molecule has 160 valence electrons. The number of carbonyl (C=O) groups excluding carboxylic acids is 1. The van der Waals surface area contributed by atoms with Gasteiger partial charge in [-0.15, -0.1) is 0 Å². The Balaban J connectivity index is 2.01. The van der Waals surface area contributed by atoms with Crippen LogP contribution in [-0.4, -0.2) is 34.9 Å². The molecule has 3 aromatic rings. The summed E-state index contributed by atoms with van der Waals surface area (Å²) in [4.78, 5) is 18.1. The summed E-state index contributed by atoms with van der Waals surface area (Å²) in [6, 6.07) is 7.28. The number of amides is 1. The lowest BCUT2D eigenvalue weighted by atomic mass is 10.0. The average Bonchev–Trinajstić information content (AvgIpc) is 3.16. The van der Waals surface area contributed by atoms with E-state index < -0.39 is 0 Å². The predicted octanol–water partition coefficient (Wildman–Crippen LogP) is 4.64. The van der Waals surface area contributed by atoms with Crippen LogP contribution in [0.1, 0.15) is 74.2 Å². The van der Waals surface area contributed by atoms with Crippen molar-refractivity contribution in [2.45, 2.75) is 52.6 Å². The van der Waals surface area contributed by atoms with E-state index in [1.165, 1.54) is 0 Å². The maximum Gasteiger partial charge on any atom is 0.252 e. The Morgan fingerprint density at radius 3 is 2.40 bits per heavy atom. The molecule has 1 amide bonds. The van der Waals surface area contributed by atoms with Crippen molar-refractivity contribution in [3.63, 3.8) is 0 Å². The number of methoxy groups -OCH3 is 2. The molecule has 0 bridgehead atoms. The van der Waals surface area contributed by atoms with Crippen molar-refractivity contribution in [2.24, 2.45) is 0 Å². The van der Waals surface area contributed by atoms with E-state index in [2.05, 4.69) is 24.3 Å². The summed E-state index contributed by atoms with van der Waals surface area (Å²) in [6.45, 7) is 10.2. The van der Waals surface area contributed by atoms with Crippen LogP contribution in [0, 0.1) is 0 Å². The molecule has 0 aliphatic rings. The first-order valence-corrected chi connectivity index (χ1v) is 10.2. The highest BCUT2D eigenvalue weighted by molar-refractivity contribution is 6.05. The highest BCUT2D eigenvalue weighted by atomic mass is 16.5. The van der Waals surface area contributed by atoms with Gasteiger partial charge in [-0.1, -0.05) is 13.8 Å². The van der Waals surface area contributed by atoms with E-state index in [0.29, 0.717) is 17.1 Å². The van der Waals surface area contributed by atoms with Crippen LogP contribution in [0.5, 0.6) is 11.5 Å². The normalized spacial score (nSPS) is 12.4. The fraction of sp³-hybridized carbons (Fsp3) is 0.435. The summed E-state index contributed by atoms with van der Waals surface area (Å²) < 4.78 is 12.7. The molecular formula is C23H30N4O3. The van der Waals surface area contributed by atoms with Gasteiger partial charge in [-0.3, -0.25) is 4.79 Å². The second kappa shape index (κ2) is 8.73. The SMILES string of the molecule is COc1ccc(OC)c(C(C)NC(=O)c2cc(C(C)C)nc3c2cnn3C(C)C)c1. The van der Waals surface area contributed by atoms with Crippen molar-refractivity contribution in [1.82, 2.24) is 20.1 Å². The summed E-state index contributed by atoms with van der Waals surface area (Å²) >= 11 is 0. The van der Waals surface area contributed by atoms with Gasteiger partial charge in [0.1, 0.15) is 11.5 Å². The van der Waals surface area contributed by atoms with E-state index >= 15 is 0 Å². The number of hydrogen-bond donors (Lipinski definition) is 1. The van der Waals surface area contributed by atoms with Gasteiger partial charge in [0.25, 0.3) is 5.91 Å². The zero-order valence-electron chi connectivity index (χ0n) is 18.7. The van der Waals surface area contributed by atoms with Crippen LogP contribution in [0.15, 0.2) is 30.5 Å². The Labute approximate surface area is 177 Å². The number of aromatic nitrogens is 3. The van der Waals surface area contributed by atoms with Gasteiger partial charge in [0.05, 0.1) is 37.4 Å². The molecule has 1 unspecified atom stereocenters. The second-order valence-corrected chi connectivity index (χ2v) is 7.97. The van der Waals surface area contributed by atoms with Crippen LogP contribution in [0.2, 0.25) is 0 Å². The minimum absolute atomic E-state index is 0.147. The van der Waals surface area contributed by atoms with Gasteiger partial charge in [-0.25, -0.2) is 9.67 Å². The molecule has 1 aromatic carbocycles. The van der Waals surface area contributed by atoms with Crippen molar-refractivity contribution in [3.05, 3.63) is 47.3 Å². The molecule has 0 fully saturated rings. The molecule has 0 saturated carbocycles. The molecule has 3 rings (SSSR count). The van der Waals surface area contributed by atoms with Gasteiger partial charge in [0.2, 0.25) is 0 Å². The van der Waals surface area contributed by atoms with E-state index in [-0.39, 0.29) is 23.9 Å². The maximum atomic E-state index is 13.3. The molecule has 0 radical (unpaired) electrons. The molecule has 0 aliphatic heterocycles. The van der Waals surface area contributed by atoms with Gasteiger partial charge in [-0.2, -0.15) is 5.10 Å². The Morgan fingerprint density at radius 1 is 1.07 bits per heavy atom. The van der Waals surface area contributed by atoms with E-state index in [4.69, 9.17) is 14.5 Å². The number of nitrogens with one attached hydrogen (secondary N) is 1. The highest BCUT2D eigenvalue weighted by Gasteiger charge is 2.21. The van der Waals surface area contributed by atoms with Gasteiger partial charge in [0.15, 0.2) is 5.65 Å². The predicted molar refractivity (Wildman–Crippen MR) is 117 cm³/mol. The molecule has 0 saturated heterocycles. The molecule has 0 spiro atoms. The second-order valence-electron chi connectivity index (χ2n) is 7.97.